The smallest absolute Gasteiger partial charge is 0.328 e. The molecule has 0 spiro atoms. The predicted molar refractivity (Wildman–Crippen MR) is 116 cm³/mol. The first kappa shape index (κ1) is 22.7. The summed E-state index contributed by atoms with van der Waals surface area (Å²) in [6.45, 7) is 1.50. The van der Waals surface area contributed by atoms with Crippen molar-refractivity contribution in [2.75, 3.05) is 38.0 Å². The molecule has 0 aromatic heterocycles. The maximum Gasteiger partial charge on any atom is 0.328 e. The number of likely N-dealkylation sites (N-methyl/N-ethyl adjacent to an activating group) is 1. The summed E-state index contributed by atoms with van der Waals surface area (Å²) in [5, 5.41) is 5.09. The maximum absolute atomic E-state index is 12.3. The molecule has 8 nitrogen and oxygen atoms in total. The Morgan fingerprint density at radius 1 is 0.967 bits per heavy atom. The number of hydrogen-bond donors (Lipinski definition) is 2. The van der Waals surface area contributed by atoms with Crippen LogP contribution in [0.25, 0.3) is 0 Å². The van der Waals surface area contributed by atoms with Crippen molar-refractivity contribution in [2.45, 2.75) is 19.5 Å². The van der Waals surface area contributed by atoms with Gasteiger partial charge < -0.3 is 25.2 Å². The number of benzene rings is 2. The van der Waals surface area contributed by atoms with Crippen LogP contribution in [0, 0.1) is 0 Å². The number of carbonyl (C=O) groups is 3. The molecule has 0 aliphatic heterocycles. The van der Waals surface area contributed by atoms with Crippen LogP contribution >= 0.6 is 0 Å². The Balaban J connectivity index is 1.75. The van der Waals surface area contributed by atoms with Crippen LogP contribution in [0.4, 0.5) is 16.2 Å². The standard InChI is InChI=1S/C22H28N4O4/c1-16(23-22(29)24-18-8-6-5-7-9-18)21(28)30-15-20(27)26(4)14-17-10-12-19(13-11-17)25(2)3/h5-13,16H,14-15H2,1-4H3,(H2,23,24,29)/t16-/m0/s1. The number of hydrogen-bond acceptors (Lipinski definition) is 5. The monoisotopic (exact) mass is 412 g/mol. The van der Waals surface area contributed by atoms with Crippen LogP contribution in [0.3, 0.4) is 0 Å². The molecule has 0 bridgehead atoms. The average Bonchev–Trinajstić information content (AvgIpc) is 2.72. The lowest BCUT2D eigenvalue weighted by atomic mass is 10.2. The molecule has 3 amide bonds. The fourth-order valence-corrected chi connectivity index (χ4v) is 2.57. The zero-order chi connectivity index (χ0) is 22.1. The second kappa shape index (κ2) is 10.8. The van der Waals surface area contributed by atoms with Crippen LogP contribution in [0.1, 0.15) is 12.5 Å². The molecule has 0 radical (unpaired) electrons. The van der Waals surface area contributed by atoms with E-state index in [0.29, 0.717) is 12.2 Å². The second-order valence-corrected chi connectivity index (χ2v) is 7.10. The van der Waals surface area contributed by atoms with E-state index in [2.05, 4.69) is 10.6 Å². The summed E-state index contributed by atoms with van der Waals surface area (Å²) in [4.78, 5) is 39.7. The Kier molecular flexibility index (Phi) is 8.22. The molecule has 2 aromatic carbocycles. The van der Waals surface area contributed by atoms with Gasteiger partial charge in [-0.1, -0.05) is 30.3 Å². The molecule has 2 N–H and O–H groups in total. The Morgan fingerprint density at radius 3 is 2.20 bits per heavy atom. The third-order valence-electron chi connectivity index (χ3n) is 4.37. The van der Waals surface area contributed by atoms with Crippen LogP contribution < -0.4 is 15.5 Å². The molecule has 0 unspecified atom stereocenters. The van der Waals surface area contributed by atoms with E-state index in [0.717, 1.165) is 11.3 Å². The van der Waals surface area contributed by atoms with E-state index in [-0.39, 0.29) is 5.91 Å². The SMILES string of the molecule is C[C@H](NC(=O)Nc1ccccc1)C(=O)OCC(=O)N(C)Cc1ccc(N(C)C)cc1. The number of ether oxygens (including phenoxy) is 1. The second-order valence-electron chi connectivity index (χ2n) is 7.10. The van der Waals surface area contributed by atoms with Gasteiger partial charge in [-0.3, -0.25) is 4.79 Å². The number of anilines is 2. The first-order valence-electron chi connectivity index (χ1n) is 9.55. The number of nitrogens with one attached hydrogen (secondary N) is 2. The van der Waals surface area contributed by atoms with E-state index in [9.17, 15) is 14.4 Å². The number of urea groups is 1. The fourth-order valence-electron chi connectivity index (χ4n) is 2.57. The number of carbonyl (C=O) groups excluding carboxylic acids is 3. The highest BCUT2D eigenvalue weighted by atomic mass is 16.5. The topological polar surface area (TPSA) is 91.0 Å². The van der Waals surface area contributed by atoms with Crippen molar-refractivity contribution < 1.29 is 19.1 Å². The Morgan fingerprint density at radius 2 is 1.60 bits per heavy atom. The van der Waals surface area contributed by atoms with Gasteiger partial charge in [0.05, 0.1) is 0 Å². The first-order valence-corrected chi connectivity index (χ1v) is 9.55. The number of rotatable bonds is 8. The fraction of sp³-hybridized carbons (Fsp3) is 0.318. The van der Waals surface area contributed by atoms with E-state index in [4.69, 9.17) is 4.74 Å². The summed E-state index contributed by atoms with van der Waals surface area (Å²) in [5.41, 5.74) is 2.64. The highest BCUT2D eigenvalue weighted by Crippen LogP contribution is 2.13. The minimum atomic E-state index is -0.898. The highest BCUT2D eigenvalue weighted by molar-refractivity contribution is 5.92. The van der Waals surface area contributed by atoms with E-state index in [1.165, 1.54) is 11.8 Å². The van der Waals surface area contributed by atoms with Gasteiger partial charge in [-0.25, -0.2) is 9.59 Å². The van der Waals surface area contributed by atoms with Crippen molar-refractivity contribution in [2.24, 2.45) is 0 Å². The van der Waals surface area contributed by atoms with Crippen LogP contribution in [-0.2, 0) is 20.9 Å². The third-order valence-corrected chi connectivity index (χ3v) is 4.37. The van der Waals surface area contributed by atoms with Crippen LogP contribution in [0.15, 0.2) is 54.6 Å². The summed E-state index contributed by atoms with van der Waals surface area (Å²) < 4.78 is 5.05. The van der Waals surface area contributed by atoms with Gasteiger partial charge in [0.15, 0.2) is 6.61 Å². The van der Waals surface area contributed by atoms with E-state index in [1.54, 1.807) is 31.3 Å². The van der Waals surface area contributed by atoms with E-state index in [1.807, 2.05) is 49.3 Å². The number of esters is 1. The molecular formula is C22H28N4O4. The van der Waals surface area contributed by atoms with E-state index >= 15 is 0 Å². The van der Waals surface area contributed by atoms with Gasteiger partial charge in [0.25, 0.3) is 5.91 Å². The van der Waals surface area contributed by atoms with Crippen LogP contribution in [-0.4, -0.2) is 56.6 Å². The van der Waals surface area contributed by atoms with Gasteiger partial charge in [0.1, 0.15) is 6.04 Å². The van der Waals surface area contributed by atoms with Gasteiger partial charge in [0.2, 0.25) is 0 Å². The summed E-state index contributed by atoms with van der Waals surface area (Å²) in [5.74, 6) is -1.02. The lowest BCUT2D eigenvalue weighted by Crippen LogP contribution is -2.43. The van der Waals surface area contributed by atoms with Gasteiger partial charge >= 0.3 is 12.0 Å². The van der Waals surface area contributed by atoms with Crippen molar-refractivity contribution in [3.05, 3.63) is 60.2 Å². The molecule has 30 heavy (non-hydrogen) atoms. The first-order chi connectivity index (χ1) is 14.3. The molecule has 0 heterocycles. The Hall–Kier alpha value is -3.55. The highest BCUT2D eigenvalue weighted by Gasteiger charge is 2.19. The largest absolute Gasteiger partial charge is 0.454 e. The molecule has 1 atom stereocenters. The molecule has 0 fully saturated rings. The predicted octanol–water partition coefficient (Wildman–Crippen LogP) is 2.46. The Bertz CT molecular complexity index is 853. The van der Waals surface area contributed by atoms with Crippen molar-refractivity contribution in [1.29, 1.82) is 0 Å². The van der Waals surface area contributed by atoms with Gasteiger partial charge in [0, 0.05) is 39.1 Å². The van der Waals surface area contributed by atoms with E-state index < -0.39 is 24.6 Å². The minimum absolute atomic E-state index is 0.332. The van der Waals surface area contributed by atoms with Crippen molar-refractivity contribution in [3.8, 4) is 0 Å². The zero-order valence-corrected chi connectivity index (χ0v) is 17.7. The van der Waals surface area contributed by atoms with Gasteiger partial charge in [-0.2, -0.15) is 0 Å². The lowest BCUT2D eigenvalue weighted by molar-refractivity contribution is -0.152. The molecule has 0 saturated heterocycles. The van der Waals surface area contributed by atoms with Crippen LogP contribution in [0.5, 0.6) is 0 Å². The molecule has 0 saturated carbocycles. The minimum Gasteiger partial charge on any atom is -0.454 e. The molecular weight excluding hydrogens is 384 g/mol. The average molecular weight is 412 g/mol. The molecule has 2 aromatic rings. The van der Waals surface area contributed by atoms with Crippen LogP contribution in [0.2, 0.25) is 0 Å². The molecule has 8 heteroatoms. The number of amides is 3. The normalized spacial score (nSPS) is 11.2. The quantitative estimate of drug-likeness (QED) is 0.650. The summed E-state index contributed by atoms with van der Waals surface area (Å²) in [7, 11) is 5.56. The number of nitrogens with zero attached hydrogens (tertiary/aromatic N) is 2. The Labute approximate surface area is 176 Å². The molecule has 2 rings (SSSR count). The lowest BCUT2D eigenvalue weighted by Gasteiger charge is -2.19. The number of para-hydroxylation sites is 1. The summed E-state index contributed by atoms with van der Waals surface area (Å²) >= 11 is 0. The zero-order valence-electron chi connectivity index (χ0n) is 17.7. The maximum atomic E-state index is 12.3. The molecule has 0 aliphatic rings. The van der Waals surface area contributed by atoms with Crippen molar-refractivity contribution in [1.82, 2.24) is 10.2 Å². The van der Waals surface area contributed by atoms with Crippen molar-refractivity contribution in [3.63, 3.8) is 0 Å². The molecule has 160 valence electrons. The summed E-state index contributed by atoms with van der Waals surface area (Å²) in [6, 6.07) is 15.3. The van der Waals surface area contributed by atoms with Gasteiger partial charge in [-0.05, 0) is 36.8 Å². The van der Waals surface area contributed by atoms with Crippen molar-refractivity contribution >= 4 is 29.3 Å². The summed E-state index contributed by atoms with van der Waals surface area (Å²) in [6.07, 6.45) is 0. The van der Waals surface area contributed by atoms with Gasteiger partial charge in [-0.15, -0.1) is 0 Å². The molecule has 0 aliphatic carbocycles. The third kappa shape index (κ3) is 7.12.